The Morgan fingerprint density at radius 2 is 2.31 bits per heavy atom. The number of rotatable bonds is 3. The van der Waals surface area contributed by atoms with Crippen molar-refractivity contribution >= 4 is 17.4 Å². The molecule has 0 bridgehead atoms. The number of carbonyl (C=O) groups excluding carboxylic acids is 1. The molecule has 1 heterocycles. The van der Waals surface area contributed by atoms with Crippen molar-refractivity contribution in [2.75, 3.05) is 25.5 Å². The molecule has 1 N–H and O–H groups in total. The zero-order chi connectivity index (χ0) is 9.84. The molecule has 0 aromatic heterocycles. The van der Waals surface area contributed by atoms with E-state index in [1.165, 1.54) is 0 Å². The first-order chi connectivity index (χ1) is 6.13. The average molecular weight is 205 g/mol. The second-order valence-corrected chi connectivity index (χ2v) is 4.03. The Bertz CT molecular complexity index is 186. The van der Waals surface area contributed by atoms with Crippen molar-refractivity contribution < 1.29 is 4.79 Å². The van der Waals surface area contributed by atoms with Gasteiger partial charge in [-0.15, -0.1) is 11.6 Å². The summed E-state index contributed by atoms with van der Waals surface area (Å²) in [6.45, 7) is 6.64. The fraction of sp³-hybridized carbons (Fsp3) is 0.889. The van der Waals surface area contributed by atoms with Crippen LogP contribution in [-0.2, 0) is 4.79 Å². The Balaban J connectivity index is 2.41. The number of nitrogens with one attached hydrogen (secondary N) is 1. The minimum absolute atomic E-state index is 0.114. The summed E-state index contributed by atoms with van der Waals surface area (Å²) in [6, 6.07) is 0.905. The molecule has 0 saturated carbocycles. The van der Waals surface area contributed by atoms with Crippen LogP contribution < -0.4 is 5.32 Å². The Labute approximate surface area is 84.4 Å². The van der Waals surface area contributed by atoms with Crippen LogP contribution in [0.15, 0.2) is 0 Å². The van der Waals surface area contributed by atoms with Crippen LogP contribution in [0.2, 0.25) is 0 Å². The van der Waals surface area contributed by atoms with Crippen molar-refractivity contribution in [3.63, 3.8) is 0 Å². The molecule has 13 heavy (non-hydrogen) atoms. The zero-order valence-corrected chi connectivity index (χ0v) is 8.97. The number of nitrogens with zero attached hydrogens (tertiary/aromatic N) is 1. The monoisotopic (exact) mass is 204 g/mol. The van der Waals surface area contributed by atoms with E-state index in [1.807, 2.05) is 0 Å². The first-order valence-electron chi connectivity index (χ1n) is 4.68. The summed E-state index contributed by atoms with van der Waals surface area (Å²) in [6.07, 6.45) is 0. The molecular formula is C9H17ClN2O. The van der Waals surface area contributed by atoms with Gasteiger partial charge in [0.25, 0.3) is 0 Å². The second kappa shape index (κ2) is 4.94. The number of ketones is 1. The molecule has 2 unspecified atom stereocenters. The van der Waals surface area contributed by atoms with Crippen LogP contribution in [0.1, 0.15) is 13.8 Å². The van der Waals surface area contributed by atoms with Crippen molar-refractivity contribution in [3.8, 4) is 0 Å². The fourth-order valence-corrected chi connectivity index (χ4v) is 1.67. The molecule has 4 heteroatoms. The summed E-state index contributed by atoms with van der Waals surface area (Å²) in [7, 11) is 0. The quantitative estimate of drug-likeness (QED) is 0.679. The van der Waals surface area contributed by atoms with Gasteiger partial charge in [0.15, 0.2) is 5.78 Å². The molecule has 1 fully saturated rings. The van der Waals surface area contributed by atoms with Crippen LogP contribution >= 0.6 is 11.6 Å². The first kappa shape index (κ1) is 11.0. The summed E-state index contributed by atoms with van der Waals surface area (Å²) in [5.74, 6) is 0.244. The summed E-state index contributed by atoms with van der Waals surface area (Å²) < 4.78 is 0. The number of hydrogen-bond acceptors (Lipinski definition) is 3. The highest BCUT2D eigenvalue weighted by Gasteiger charge is 2.23. The molecule has 3 nitrogen and oxygen atoms in total. The first-order valence-corrected chi connectivity index (χ1v) is 5.22. The fourth-order valence-electron chi connectivity index (χ4n) is 1.59. The predicted octanol–water partition coefficient (Wildman–Crippen LogP) is 0.476. The highest BCUT2D eigenvalue weighted by molar-refractivity contribution is 6.27. The molecule has 0 aliphatic carbocycles. The predicted molar refractivity (Wildman–Crippen MR) is 54.2 cm³/mol. The van der Waals surface area contributed by atoms with Crippen LogP contribution in [0.25, 0.3) is 0 Å². The van der Waals surface area contributed by atoms with E-state index in [-0.39, 0.29) is 11.7 Å². The number of piperazine rings is 1. The highest BCUT2D eigenvalue weighted by Crippen LogP contribution is 2.06. The van der Waals surface area contributed by atoms with Gasteiger partial charge in [-0.1, -0.05) is 0 Å². The van der Waals surface area contributed by atoms with Crippen molar-refractivity contribution in [2.45, 2.75) is 25.9 Å². The summed E-state index contributed by atoms with van der Waals surface area (Å²) in [5.41, 5.74) is 0. The largest absolute Gasteiger partial charge is 0.311 e. The highest BCUT2D eigenvalue weighted by atomic mass is 35.5. The molecule has 1 saturated heterocycles. The van der Waals surface area contributed by atoms with Crippen LogP contribution in [0.3, 0.4) is 0 Å². The summed E-state index contributed by atoms with van der Waals surface area (Å²) in [4.78, 5) is 13.3. The van der Waals surface area contributed by atoms with Crippen molar-refractivity contribution in [1.29, 1.82) is 0 Å². The molecule has 0 amide bonds. The number of Topliss-reactive ketones (excluding diaryl/α,β-unsaturated/α-hetero) is 1. The third kappa shape index (κ3) is 3.25. The van der Waals surface area contributed by atoms with E-state index < -0.39 is 0 Å². The molecule has 1 aliphatic heterocycles. The molecule has 76 valence electrons. The third-order valence-electron chi connectivity index (χ3n) is 2.42. The lowest BCUT2D eigenvalue weighted by Gasteiger charge is -2.36. The van der Waals surface area contributed by atoms with Gasteiger partial charge in [0.05, 0.1) is 12.4 Å². The van der Waals surface area contributed by atoms with Crippen molar-refractivity contribution in [1.82, 2.24) is 10.2 Å². The van der Waals surface area contributed by atoms with Gasteiger partial charge in [-0.05, 0) is 13.8 Å². The maximum Gasteiger partial charge on any atom is 0.161 e. The molecule has 1 aliphatic rings. The van der Waals surface area contributed by atoms with Gasteiger partial charge < -0.3 is 5.32 Å². The normalized spacial score (nSPS) is 30.4. The molecular weight excluding hydrogens is 188 g/mol. The SMILES string of the molecule is CC1CN(CC(=O)CCl)C(C)CN1. The molecule has 0 aromatic rings. The smallest absolute Gasteiger partial charge is 0.161 e. The Hall–Kier alpha value is -0.120. The number of alkyl halides is 1. The minimum atomic E-state index is 0.114. The van der Waals surface area contributed by atoms with Crippen molar-refractivity contribution in [3.05, 3.63) is 0 Å². The van der Waals surface area contributed by atoms with E-state index in [9.17, 15) is 4.79 Å². The lowest BCUT2D eigenvalue weighted by atomic mass is 10.1. The third-order valence-corrected chi connectivity index (χ3v) is 2.72. The van der Waals surface area contributed by atoms with Crippen molar-refractivity contribution in [2.24, 2.45) is 0 Å². The standard InChI is InChI=1S/C9H17ClN2O/c1-7-5-12(6-9(13)3-10)8(2)4-11-7/h7-8,11H,3-6H2,1-2H3. The number of halogens is 1. The molecule has 1 rings (SSSR count). The number of carbonyl (C=O) groups is 1. The van der Waals surface area contributed by atoms with Gasteiger partial charge in [0.2, 0.25) is 0 Å². The van der Waals surface area contributed by atoms with E-state index in [2.05, 4.69) is 24.1 Å². The van der Waals surface area contributed by atoms with E-state index >= 15 is 0 Å². The lowest BCUT2D eigenvalue weighted by Crippen LogP contribution is -2.55. The van der Waals surface area contributed by atoms with Crippen LogP contribution in [0.4, 0.5) is 0 Å². The second-order valence-electron chi connectivity index (χ2n) is 3.76. The van der Waals surface area contributed by atoms with E-state index in [0.29, 0.717) is 18.6 Å². The van der Waals surface area contributed by atoms with Gasteiger partial charge in [-0.2, -0.15) is 0 Å². The van der Waals surface area contributed by atoms with Gasteiger partial charge in [0.1, 0.15) is 0 Å². The van der Waals surface area contributed by atoms with E-state index in [1.54, 1.807) is 0 Å². The van der Waals surface area contributed by atoms with E-state index in [4.69, 9.17) is 11.6 Å². The van der Waals surface area contributed by atoms with Crippen LogP contribution in [0.5, 0.6) is 0 Å². The molecule has 0 radical (unpaired) electrons. The van der Waals surface area contributed by atoms with Crippen LogP contribution in [0, 0.1) is 0 Å². The maximum absolute atomic E-state index is 11.1. The Morgan fingerprint density at radius 1 is 1.62 bits per heavy atom. The molecule has 0 aromatic carbocycles. The minimum Gasteiger partial charge on any atom is -0.311 e. The lowest BCUT2D eigenvalue weighted by molar-refractivity contribution is -0.118. The van der Waals surface area contributed by atoms with E-state index in [0.717, 1.165) is 13.1 Å². The maximum atomic E-state index is 11.1. The Kier molecular flexibility index (Phi) is 4.16. The summed E-state index contributed by atoms with van der Waals surface area (Å²) in [5, 5.41) is 3.37. The van der Waals surface area contributed by atoms with Gasteiger partial charge >= 0.3 is 0 Å². The molecule has 0 spiro atoms. The molecule has 2 atom stereocenters. The topological polar surface area (TPSA) is 32.3 Å². The average Bonchev–Trinajstić information content (AvgIpc) is 2.11. The zero-order valence-electron chi connectivity index (χ0n) is 8.22. The van der Waals surface area contributed by atoms with Crippen LogP contribution in [-0.4, -0.2) is 48.3 Å². The Morgan fingerprint density at radius 3 is 2.92 bits per heavy atom. The summed E-state index contributed by atoms with van der Waals surface area (Å²) >= 11 is 5.46. The van der Waals surface area contributed by atoms with Gasteiger partial charge in [0, 0.05) is 25.2 Å². The van der Waals surface area contributed by atoms with Gasteiger partial charge in [-0.25, -0.2) is 0 Å². The van der Waals surface area contributed by atoms with Gasteiger partial charge in [-0.3, -0.25) is 9.69 Å². The number of hydrogen-bond donors (Lipinski definition) is 1.